The van der Waals surface area contributed by atoms with Gasteiger partial charge in [-0.25, -0.2) is 0 Å². The van der Waals surface area contributed by atoms with Crippen molar-refractivity contribution < 1.29 is 9.53 Å². The highest BCUT2D eigenvalue weighted by Gasteiger charge is 2.13. The first-order chi connectivity index (χ1) is 5.29. The molecule has 1 aliphatic rings. The van der Waals surface area contributed by atoms with Crippen LogP contribution in [-0.2, 0) is 9.53 Å². The van der Waals surface area contributed by atoms with Crippen molar-refractivity contribution in [3.63, 3.8) is 0 Å². The van der Waals surface area contributed by atoms with Crippen molar-refractivity contribution in [3.05, 3.63) is 0 Å². The second kappa shape index (κ2) is 4.37. The number of carbonyl (C=O) groups excluding carboxylic acids is 1. The molecule has 0 amide bonds. The molecule has 2 heteroatoms. The molecule has 0 heterocycles. The maximum Gasteiger partial charge on any atom is 0.302 e. The summed E-state index contributed by atoms with van der Waals surface area (Å²) in [6.07, 6.45) is 6.47. The highest BCUT2D eigenvalue weighted by Crippen LogP contribution is 2.23. The lowest BCUT2D eigenvalue weighted by atomic mass is 9.90. The van der Waals surface area contributed by atoms with E-state index in [1.165, 1.54) is 39.0 Å². The van der Waals surface area contributed by atoms with E-state index in [9.17, 15) is 4.79 Å². The van der Waals surface area contributed by atoms with Gasteiger partial charge in [0, 0.05) is 6.92 Å². The quantitative estimate of drug-likeness (QED) is 0.572. The highest BCUT2D eigenvalue weighted by atomic mass is 16.5. The van der Waals surface area contributed by atoms with Gasteiger partial charge in [0.05, 0.1) is 6.61 Å². The van der Waals surface area contributed by atoms with Gasteiger partial charge in [0.2, 0.25) is 0 Å². The molecular formula is C9H16O2. The van der Waals surface area contributed by atoms with E-state index in [1.54, 1.807) is 0 Å². The molecule has 0 aromatic carbocycles. The third-order valence-corrected chi connectivity index (χ3v) is 2.25. The van der Waals surface area contributed by atoms with Gasteiger partial charge < -0.3 is 4.74 Å². The summed E-state index contributed by atoms with van der Waals surface area (Å²) in [6.45, 7) is 2.12. The highest BCUT2D eigenvalue weighted by molar-refractivity contribution is 5.65. The molecule has 0 N–H and O–H groups in total. The number of carbonyl (C=O) groups is 1. The number of rotatable bonds is 2. The first-order valence-electron chi connectivity index (χ1n) is 4.42. The molecule has 1 aliphatic carbocycles. The smallest absolute Gasteiger partial charge is 0.302 e. The first-order valence-corrected chi connectivity index (χ1v) is 4.42. The Kier molecular flexibility index (Phi) is 3.40. The van der Waals surface area contributed by atoms with Gasteiger partial charge in [0.1, 0.15) is 0 Å². The largest absolute Gasteiger partial charge is 0.466 e. The van der Waals surface area contributed by atoms with E-state index in [2.05, 4.69) is 0 Å². The second-order valence-electron chi connectivity index (χ2n) is 3.31. The molecule has 0 aliphatic heterocycles. The third kappa shape index (κ3) is 3.40. The van der Waals surface area contributed by atoms with Crippen LogP contribution in [0.3, 0.4) is 0 Å². The Morgan fingerprint density at radius 3 is 2.55 bits per heavy atom. The van der Waals surface area contributed by atoms with Gasteiger partial charge in [-0.3, -0.25) is 4.79 Å². The van der Waals surface area contributed by atoms with E-state index >= 15 is 0 Å². The molecule has 11 heavy (non-hydrogen) atoms. The van der Waals surface area contributed by atoms with E-state index < -0.39 is 0 Å². The zero-order valence-corrected chi connectivity index (χ0v) is 7.14. The molecule has 1 saturated carbocycles. The summed E-state index contributed by atoms with van der Waals surface area (Å²) in [5.74, 6) is 0.503. The number of esters is 1. The molecule has 0 aromatic rings. The third-order valence-electron chi connectivity index (χ3n) is 2.25. The van der Waals surface area contributed by atoms with Crippen LogP contribution in [0.5, 0.6) is 0 Å². The van der Waals surface area contributed by atoms with Crippen LogP contribution in [0.15, 0.2) is 0 Å². The minimum atomic E-state index is -0.143. The van der Waals surface area contributed by atoms with E-state index in [0.717, 1.165) is 0 Å². The number of hydrogen-bond donors (Lipinski definition) is 0. The molecule has 64 valence electrons. The molecule has 0 spiro atoms. The van der Waals surface area contributed by atoms with Gasteiger partial charge in [-0.15, -0.1) is 0 Å². The van der Waals surface area contributed by atoms with Crippen molar-refractivity contribution in [2.75, 3.05) is 6.61 Å². The summed E-state index contributed by atoms with van der Waals surface area (Å²) >= 11 is 0. The molecule has 0 unspecified atom stereocenters. The minimum Gasteiger partial charge on any atom is -0.466 e. The molecule has 0 bridgehead atoms. The minimum absolute atomic E-state index is 0.143. The zero-order valence-electron chi connectivity index (χ0n) is 7.14. The van der Waals surface area contributed by atoms with Crippen LogP contribution in [-0.4, -0.2) is 12.6 Å². The van der Waals surface area contributed by atoms with E-state index in [4.69, 9.17) is 4.74 Å². The van der Waals surface area contributed by atoms with Crippen LogP contribution < -0.4 is 0 Å². The first kappa shape index (κ1) is 8.57. The van der Waals surface area contributed by atoms with Crippen LogP contribution in [0.25, 0.3) is 0 Å². The zero-order chi connectivity index (χ0) is 8.10. The van der Waals surface area contributed by atoms with Crippen LogP contribution in [0.2, 0.25) is 0 Å². The lowest BCUT2D eigenvalue weighted by Gasteiger charge is -2.20. The van der Waals surface area contributed by atoms with Crippen molar-refractivity contribution >= 4 is 5.97 Å². The molecule has 0 radical (unpaired) electrons. The van der Waals surface area contributed by atoms with Gasteiger partial charge >= 0.3 is 5.97 Å². The molecule has 2 nitrogen and oxygen atoms in total. The fourth-order valence-electron chi connectivity index (χ4n) is 1.59. The fraction of sp³-hybridized carbons (Fsp3) is 0.889. The van der Waals surface area contributed by atoms with E-state index in [1.807, 2.05) is 0 Å². The van der Waals surface area contributed by atoms with E-state index in [0.29, 0.717) is 12.5 Å². The predicted molar refractivity (Wildman–Crippen MR) is 43.2 cm³/mol. The van der Waals surface area contributed by atoms with E-state index in [-0.39, 0.29) is 5.97 Å². The summed E-state index contributed by atoms with van der Waals surface area (Å²) in [5, 5.41) is 0. The Balaban J connectivity index is 2.09. The monoisotopic (exact) mass is 156 g/mol. The maximum atomic E-state index is 10.5. The molecule has 0 aromatic heterocycles. The summed E-state index contributed by atoms with van der Waals surface area (Å²) in [5.41, 5.74) is 0. The lowest BCUT2D eigenvalue weighted by molar-refractivity contribution is -0.142. The van der Waals surface area contributed by atoms with Crippen molar-refractivity contribution in [1.82, 2.24) is 0 Å². The van der Waals surface area contributed by atoms with Gasteiger partial charge in [0.15, 0.2) is 0 Å². The molecule has 1 rings (SSSR count). The van der Waals surface area contributed by atoms with Crippen LogP contribution in [0.1, 0.15) is 39.0 Å². The van der Waals surface area contributed by atoms with Crippen molar-refractivity contribution in [2.45, 2.75) is 39.0 Å². The average molecular weight is 156 g/mol. The Morgan fingerprint density at radius 2 is 2.00 bits per heavy atom. The summed E-state index contributed by atoms with van der Waals surface area (Å²) in [4.78, 5) is 10.5. The maximum absolute atomic E-state index is 10.5. The van der Waals surface area contributed by atoms with Crippen molar-refractivity contribution in [1.29, 1.82) is 0 Å². The van der Waals surface area contributed by atoms with Crippen molar-refractivity contribution in [3.8, 4) is 0 Å². The summed E-state index contributed by atoms with van der Waals surface area (Å²) in [7, 11) is 0. The normalized spacial score (nSPS) is 19.7. The summed E-state index contributed by atoms with van der Waals surface area (Å²) < 4.78 is 4.94. The Morgan fingerprint density at radius 1 is 1.36 bits per heavy atom. The van der Waals surface area contributed by atoms with Gasteiger partial charge in [0.25, 0.3) is 0 Å². The molecule has 1 fully saturated rings. The van der Waals surface area contributed by atoms with Crippen LogP contribution in [0.4, 0.5) is 0 Å². The topological polar surface area (TPSA) is 26.3 Å². The molecule has 0 saturated heterocycles. The summed E-state index contributed by atoms with van der Waals surface area (Å²) in [6, 6.07) is 0. The fourth-order valence-corrected chi connectivity index (χ4v) is 1.59. The molecule has 0 atom stereocenters. The standard InChI is InChI=1S/C9H16O2/c1-8(10)11-7-9-5-3-2-4-6-9/h9H,2-7H2,1H3. The van der Waals surface area contributed by atoms with Gasteiger partial charge in [-0.2, -0.15) is 0 Å². The van der Waals surface area contributed by atoms with Crippen molar-refractivity contribution in [2.24, 2.45) is 5.92 Å². The van der Waals surface area contributed by atoms with Gasteiger partial charge in [-0.05, 0) is 18.8 Å². The predicted octanol–water partition coefficient (Wildman–Crippen LogP) is 2.13. The SMILES string of the molecule is CC(=O)OCC1CCCCC1. The lowest BCUT2D eigenvalue weighted by Crippen LogP contribution is -2.15. The average Bonchev–Trinajstić information content (AvgIpc) is 2.03. The van der Waals surface area contributed by atoms with Crippen LogP contribution >= 0.6 is 0 Å². The number of ether oxygens (including phenoxy) is 1. The van der Waals surface area contributed by atoms with Crippen LogP contribution in [0, 0.1) is 5.92 Å². The Labute approximate surface area is 67.9 Å². The Bertz CT molecular complexity index is 126. The second-order valence-corrected chi connectivity index (χ2v) is 3.31. The number of hydrogen-bond acceptors (Lipinski definition) is 2. The molecular weight excluding hydrogens is 140 g/mol. The van der Waals surface area contributed by atoms with Gasteiger partial charge in [-0.1, -0.05) is 19.3 Å². The Hall–Kier alpha value is -0.530.